The molecule has 1 aromatic heterocycles. The third kappa shape index (κ3) is 2.45. The highest BCUT2D eigenvalue weighted by Gasteiger charge is 2.42. The van der Waals surface area contributed by atoms with Crippen LogP contribution in [0.15, 0.2) is 0 Å². The minimum Gasteiger partial charge on any atom is -0.464 e. The van der Waals surface area contributed by atoms with Gasteiger partial charge < -0.3 is 20.3 Å². The van der Waals surface area contributed by atoms with E-state index in [0.717, 1.165) is 0 Å². The van der Waals surface area contributed by atoms with Crippen molar-refractivity contribution in [3.63, 3.8) is 0 Å². The minimum atomic E-state index is -0.732. The highest BCUT2D eigenvalue weighted by molar-refractivity contribution is 5.89. The van der Waals surface area contributed by atoms with Crippen LogP contribution in [0.1, 0.15) is 20.8 Å². The number of ether oxygens (including phenoxy) is 1. The van der Waals surface area contributed by atoms with Crippen LogP contribution >= 0.6 is 0 Å². The average Bonchev–Trinajstić information content (AvgIpc) is 2.36. The number of nitrogens with two attached hydrogens (primary N) is 1. The molecule has 0 bridgehead atoms. The van der Waals surface area contributed by atoms with Crippen LogP contribution in [0.25, 0.3) is 0 Å². The highest BCUT2D eigenvalue weighted by Crippen LogP contribution is 2.27. The Labute approximate surface area is 118 Å². The molecule has 0 atom stereocenters. The maximum absolute atomic E-state index is 12.3. The van der Waals surface area contributed by atoms with Gasteiger partial charge in [-0.25, -0.2) is 0 Å². The van der Waals surface area contributed by atoms with Crippen molar-refractivity contribution >= 4 is 17.8 Å². The van der Waals surface area contributed by atoms with Gasteiger partial charge >= 0.3 is 6.01 Å². The number of rotatable bonds is 3. The number of hydrogen-bond acceptors (Lipinski definition) is 7. The molecule has 8 nitrogen and oxygen atoms in total. The van der Waals surface area contributed by atoms with Gasteiger partial charge in [0.2, 0.25) is 17.8 Å². The van der Waals surface area contributed by atoms with Crippen molar-refractivity contribution in [2.75, 3.05) is 37.4 Å². The van der Waals surface area contributed by atoms with Gasteiger partial charge in [0.05, 0.1) is 6.61 Å². The summed E-state index contributed by atoms with van der Waals surface area (Å²) in [5.74, 6) is 0.466. The Bertz CT molecular complexity index is 519. The molecular formula is C12H20N6O2. The number of piperazine rings is 1. The summed E-state index contributed by atoms with van der Waals surface area (Å²) in [4.78, 5) is 28.1. The summed E-state index contributed by atoms with van der Waals surface area (Å²) in [6.45, 7) is 7.19. The molecule has 2 rings (SSSR count). The summed E-state index contributed by atoms with van der Waals surface area (Å²) < 4.78 is 5.27. The van der Waals surface area contributed by atoms with E-state index in [-0.39, 0.29) is 17.9 Å². The Kier molecular flexibility index (Phi) is 3.65. The zero-order valence-corrected chi connectivity index (χ0v) is 12.3. The predicted molar refractivity (Wildman–Crippen MR) is 74.5 cm³/mol. The molecule has 0 aliphatic carbocycles. The van der Waals surface area contributed by atoms with Gasteiger partial charge in [-0.05, 0) is 20.8 Å². The van der Waals surface area contributed by atoms with Gasteiger partial charge in [0.25, 0.3) is 0 Å². The van der Waals surface area contributed by atoms with Gasteiger partial charge in [0.1, 0.15) is 5.54 Å². The van der Waals surface area contributed by atoms with E-state index < -0.39 is 5.54 Å². The fourth-order valence-corrected chi connectivity index (χ4v) is 2.24. The maximum Gasteiger partial charge on any atom is 0.323 e. The van der Waals surface area contributed by atoms with E-state index >= 15 is 0 Å². The molecule has 0 aromatic carbocycles. The summed E-state index contributed by atoms with van der Waals surface area (Å²) in [6, 6.07) is 0.178. The molecule has 1 aromatic rings. The molecule has 20 heavy (non-hydrogen) atoms. The third-order valence-corrected chi connectivity index (χ3v) is 3.34. The van der Waals surface area contributed by atoms with E-state index in [1.807, 2.05) is 25.7 Å². The van der Waals surface area contributed by atoms with Crippen LogP contribution in [0.5, 0.6) is 6.01 Å². The molecule has 2 heterocycles. The summed E-state index contributed by atoms with van der Waals surface area (Å²) in [5.41, 5.74) is 4.95. The van der Waals surface area contributed by atoms with Crippen molar-refractivity contribution in [2.24, 2.45) is 0 Å². The maximum atomic E-state index is 12.3. The number of aromatic nitrogens is 3. The Morgan fingerprint density at radius 3 is 2.65 bits per heavy atom. The summed E-state index contributed by atoms with van der Waals surface area (Å²) >= 11 is 0. The predicted octanol–water partition coefficient (Wildman–Crippen LogP) is -0.0905. The molecule has 0 spiro atoms. The van der Waals surface area contributed by atoms with Gasteiger partial charge in [0, 0.05) is 20.1 Å². The number of nitrogens with zero attached hydrogens (tertiary/aromatic N) is 5. The van der Waals surface area contributed by atoms with E-state index in [9.17, 15) is 4.79 Å². The topological polar surface area (TPSA) is 97.5 Å². The van der Waals surface area contributed by atoms with Gasteiger partial charge in [-0.3, -0.25) is 4.79 Å². The van der Waals surface area contributed by atoms with E-state index in [1.165, 1.54) is 0 Å². The minimum absolute atomic E-state index is 0.0145. The van der Waals surface area contributed by atoms with Crippen LogP contribution < -0.4 is 15.4 Å². The largest absolute Gasteiger partial charge is 0.464 e. The second-order valence-electron chi connectivity index (χ2n) is 5.15. The molecule has 1 aliphatic rings. The second-order valence-corrected chi connectivity index (χ2v) is 5.15. The van der Waals surface area contributed by atoms with Crippen molar-refractivity contribution in [3.8, 4) is 6.01 Å². The standard InChI is InChI=1S/C12H20N6O2/c1-5-20-11-15-9(13)14-10(16-11)18-7-6-17(4)8(19)12(18,2)3/h5-7H2,1-4H3,(H2,13,14,15,16). The lowest BCUT2D eigenvalue weighted by molar-refractivity contribution is -0.136. The molecule has 8 heteroatoms. The Morgan fingerprint density at radius 1 is 1.30 bits per heavy atom. The zero-order valence-electron chi connectivity index (χ0n) is 12.3. The Hall–Kier alpha value is -2.12. The first-order valence-corrected chi connectivity index (χ1v) is 6.53. The Morgan fingerprint density at radius 2 is 2.00 bits per heavy atom. The van der Waals surface area contributed by atoms with Gasteiger partial charge in [-0.2, -0.15) is 15.0 Å². The molecular weight excluding hydrogens is 260 g/mol. The summed E-state index contributed by atoms with van der Waals surface area (Å²) in [5, 5.41) is 0. The lowest BCUT2D eigenvalue weighted by Crippen LogP contribution is -2.62. The van der Waals surface area contributed by atoms with Crippen LogP contribution in [0, 0.1) is 0 Å². The van der Waals surface area contributed by atoms with E-state index in [4.69, 9.17) is 10.5 Å². The number of likely N-dealkylation sites (N-methyl/N-ethyl adjacent to an activating group) is 1. The molecule has 1 amide bonds. The molecule has 1 aliphatic heterocycles. The molecule has 0 radical (unpaired) electrons. The fourth-order valence-electron chi connectivity index (χ4n) is 2.24. The van der Waals surface area contributed by atoms with E-state index in [2.05, 4.69) is 15.0 Å². The monoisotopic (exact) mass is 280 g/mol. The smallest absolute Gasteiger partial charge is 0.323 e. The molecule has 1 saturated heterocycles. The molecule has 0 unspecified atom stereocenters. The number of carbonyl (C=O) groups is 1. The van der Waals surface area contributed by atoms with Crippen LogP contribution in [0.2, 0.25) is 0 Å². The normalized spacial score (nSPS) is 18.3. The van der Waals surface area contributed by atoms with Gasteiger partial charge in [-0.1, -0.05) is 0 Å². The van der Waals surface area contributed by atoms with Crippen LogP contribution in [0.4, 0.5) is 11.9 Å². The van der Waals surface area contributed by atoms with Crippen molar-refractivity contribution < 1.29 is 9.53 Å². The van der Waals surface area contributed by atoms with Crippen LogP contribution in [-0.4, -0.2) is 58.0 Å². The number of anilines is 2. The number of hydrogen-bond donors (Lipinski definition) is 1. The van der Waals surface area contributed by atoms with Gasteiger partial charge in [-0.15, -0.1) is 0 Å². The number of nitrogen functional groups attached to an aromatic ring is 1. The average molecular weight is 280 g/mol. The van der Waals surface area contributed by atoms with Crippen molar-refractivity contribution in [3.05, 3.63) is 0 Å². The third-order valence-electron chi connectivity index (χ3n) is 3.34. The quantitative estimate of drug-likeness (QED) is 0.826. The van der Waals surface area contributed by atoms with Crippen molar-refractivity contribution in [1.29, 1.82) is 0 Å². The lowest BCUT2D eigenvalue weighted by atomic mass is 9.98. The summed E-state index contributed by atoms with van der Waals surface area (Å²) in [7, 11) is 1.79. The van der Waals surface area contributed by atoms with E-state index in [1.54, 1.807) is 11.9 Å². The van der Waals surface area contributed by atoms with Crippen molar-refractivity contribution in [2.45, 2.75) is 26.3 Å². The van der Waals surface area contributed by atoms with Crippen LogP contribution in [0.3, 0.4) is 0 Å². The number of carbonyl (C=O) groups excluding carboxylic acids is 1. The molecule has 0 saturated carbocycles. The highest BCUT2D eigenvalue weighted by atomic mass is 16.5. The fraction of sp³-hybridized carbons (Fsp3) is 0.667. The summed E-state index contributed by atoms with van der Waals surface area (Å²) in [6.07, 6.45) is 0. The second kappa shape index (κ2) is 5.10. The molecule has 1 fully saturated rings. The van der Waals surface area contributed by atoms with Crippen LogP contribution in [-0.2, 0) is 4.79 Å². The Balaban J connectivity index is 2.37. The molecule has 2 N–H and O–H groups in total. The van der Waals surface area contributed by atoms with E-state index in [0.29, 0.717) is 25.6 Å². The first kappa shape index (κ1) is 14.3. The number of amides is 1. The first-order chi connectivity index (χ1) is 9.36. The van der Waals surface area contributed by atoms with Crippen molar-refractivity contribution in [1.82, 2.24) is 19.9 Å². The zero-order chi connectivity index (χ0) is 14.9. The lowest BCUT2D eigenvalue weighted by Gasteiger charge is -2.44. The van der Waals surface area contributed by atoms with Gasteiger partial charge in [0.15, 0.2) is 0 Å². The first-order valence-electron chi connectivity index (χ1n) is 6.53. The molecule has 110 valence electrons. The SMILES string of the molecule is CCOc1nc(N)nc(N2CCN(C)C(=O)C2(C)C)n1.